The Labute approximate surface area is 121 Å². The number of halogens is 1. The van der Waals surface area contributed by atoms with Crippen LogP contribution in [0.5, 0.6) is 0 Å². The summed E-state index contributed by atoms with van der Waals surface area (Å²) >= 11 is 0. The molecule has 6 nitrogen and oxygen atoms in total. The van der Waals surface area contributed by atoms with Crippen LogP contribution >= 0.6 is 0 Å². The molecule has 1 N–H and O–H groups in total. The first-order valence-corrected chi connectivity index (χ1v) is 6.64. The van der Waals surface area contributed by atoms with Crippen LogP contribution in [0.3, 0.4) is 0 Å². The lowest BCUT2D eigenvalue weighted by molar-refractivity contribution is 0.0691. The summed E-state index contributed by atoms with van der Waals surface area (Å²) in [6.07, 6.45) is 0.905. The van der Waals surface area contributed by atoms with E-state index in [1.165, 1.54) is 28.9 Å². The SMILES string of the molecule is CCCOCCn1nnc(C(=O)O)c1-c1ccc(F)cc1. The number of aromatic nitrogens is 3. The van der Waals surface area contributed by atoms with E-state index in [1.807, 2.05) is 6.92 Å². The van der Waals surface area contributed by atoms with Crippen molar-refractivity contribution < 1.29 is 19.0 Å². The number of carbonyl (C=O) groups is 1. The number of ether oxygens (including phenoxy) is 1. The molecule has 0 bridgehead atoms. The van der Waals surface area contributed by atoms with Crippen molar-refractivity contribution in [2.24, 2.45) is 0 Å². The van der Waals surface area contributed by atoms with Crippen LogP contribution in [0, 0.1) is 5.82 Å². The zero-order valence-corrected chi connectivity index (χ0v) is 11.6. The minimum atomic E-state index is -1.17. The van der Waals surface area contributed by atoms with E-state index < -0.39 is 5.97 Å². The van der Waals surface area contributed by atoms with E-state index in [2.05, 4.69) is 10.3 Å². The number of hydrogen-bond acceptors (Lipinski definition) is 4. The summed E-state index contributed by atoms with van der Waals surface area (Å²) in [5.74, 6) is -1.56. The third-order valence-electron chi connectivity index (χ3n) is 2.85. The zero-order chi connectivity index (χ0) is 15.2. The molecule has 7 heteroatoms. The van der Waals surface area contributed by atoms with E-state index in [1.54, 1.807) is 0 Å². The van der Waals surface area contributed by atoms with Gasteiger partial charge in [0.25, 0.3) is 0 Å². The normalized spacial score (nSPS) is 10.8. The van der Waals surface area contributed by atoms with Gasteiger partial charge >= 0.3 is 5.97 Å². The van der Waals surface area contributed by atoms with Crippen LogP contribution in [-0.4, -0.2) is 39.3 Å². The number of benzene rings is 1. The molecule has 2 rings (SSSR count). The maximum absolute atomic E-state index is 13.0. The number of nitrogens with zero attached hydrogens (tertiary/aromatic N) is 3. The number of carboxylic acid groups (broad SMARTS) is 1. The highest BCUT2D eigenvalue weighted by molar-refractivity contribution is 5.92. The maximum Gasteiger partial charge on any atom is 0.358 e. The number of aromatic carboxylic acids is 1. The van der Waals surface area contributed by atoms with Gasteiger partial charge in [-0.05, 0) is 30.7 Å². The first-order valence-electron chi connectivity index (χ1n) is 6.64. The van der Waals surface area contributed by atoms with Crippen LogP contribution in [0.2, 0.25) is 0 Å². The third kappa shape index (κ3) is 3.63. The van der Waals surface area contributed by atoms with E-state index in [9.17, 15) is 14.3 Å². The summed E-state index contributed by atoms with van der Waals surface area (Å²) in [5, 5.41) is 16.7. The van der Waals surface area contributed by atoms with Crippen LogP contribution in [-0.2, 0) is 11.3 Å². The molecule has 0 unspecified atom stereocenters. The second-order valence-corrected chi connectivity index (χ2v) is 4.43. The maximum atomic E-state index is 13.0. The molecule has 0 saturated carbocycles. The van der Waals surface area contributed by atoms with Crippen molar-refractivity contribution in [1.82, 2.24) is 15.0 Å². The average molecular weight is 293 g/mol. The van der Waals surface area contributed by atoms with Crippen molar-refractivity contribution in [2.45, 2.75) is 19.9 Å². The summed E-state index contributed by atoms with van der Waals surface area (Å²) in [5.41, 5.74) is 0.744. The van der Waals surface area contributed by atoms with Gasteiger partial charge in [-0.15, -0.1) is 5.10 Å². The molecule has 0 saturated heterocycles. The van der Waals surface area contributed by atoms with Gasteiger partial charge in [0.15, 0.2) is 5.69 Å². The molecular formula is C14H16FN3O3. The van der Waals surface area contributed by atoms with Gasteiger partial charge < -0.3 is 9.84 Å². The fraction of sp³-hybridized carbons (Fsp3) is 0.357. The Balaban J connectivity index is 2.29. The fourth-order valence-corrected chi connectivity index (χ4v) is 1.90. The van der Waals surface area contributed by atoms with Gasteiger partial charge in [0.1, 0.15) is 11.5 Å². The Kier molecular flexibility index (Phi) is 4.99. The van der Waals surface area contributed by atoms with Gasteiger partial charge in [-0.2, -0.15) is 0 Å². The first-order chi connectivity index (χ1) is 10.1. The van der Waals surface area contributed by atoms with Gasteiger partial charge in [-0.1, -0.05) is 12.1 Å². The topological polar surface area (TPSA) is 77.2 Å². The van der Waals surface area contributed by atoms with Crippen LogP contribution in [0.15, 0.2) is 24.3 Å². The standard InChI is InChI=1S/C14H16FN3O3/c1-2-8-21-9-7-18-13(12(14(19)20)16-17-18)10-3-5-11(15)6-4-10/h3-6H,2,7-9H2,1H3,(H,19,20). The van der Waals surface area contributed by atoms with Gasteiger partial charge in [-0.3, -0.25) is 0 Å². The fourth-order valence-electron chi connectivity index (χ4n) is 1.90. The van der Waals surface area contributed by atoms with Gasteiger partial charge in [0.05, 0.1) is 13.2 Å². The predicted octanol–water partition coefficient (Wildman–Crippen LogP) is 2.21. The summed E-state index contributed by atoms with van der Waals surface area (Å²) in [6, 6.07) is 5.55. The van der Waals surface area contributed by atoms with E-state index in [0.29, 0.717) is 31.0 Å². The van der Waals surface area contributed by atoms with Gasteiger partial charge in [0.2, 0.25) is 0 Å². The lowest BCUT2D eigenvalue weighted by Crippen LogP contribution is -2.10. The average Bonchev–Trinajstić information content (AvgIpc) is 2.88. The molecule has 0 radical (unpaired) electrons. The van der Waals surface area contributed by atoms with Crippen LogP contribution in [0.1, 0.15) is 23.8 Å². The van der Waals surface area contributed by atoms with Crippen LogP contribution in [0.4, 0.5) is 4.39 Å². The van der Waals surface area contributed by atoms with Crippen molar-refractivity contribution in [1.29, 1.82) is 0 Å². The Hall–Kier alpha value is -2.28. The highest BCUT2D eigenvalue weighted by atomic mass is 19.1. The number of rotatable bonds is 7. The predicted molar refractivity (Wildman–Crippen MR) is 73.5 cm³/mol. The molecule has 0 aliphatic rings. The Morgan fingerprint density at radius 1 is 1.33 bits per heavy atom. The van der Waals surface area contributed by atoms with Gasteiger partial charge in [-0.25, -0.2) is 13.9 Å². The second kappa shape index (κ2) is 6.94. The minimum absolute atomic E-state index is 0.155. The lowest BCUT2D eigenvalue weighted by atomic mass is 10.1. The minimum Gasteiger partial charge on any atom is -0.476 e. The second-order valence-electron chi connectivity index (χ2n) is 4.43. The Morgan fingerprint density at radius 2 is 2.05 bits per heavy atom. The first kappa shape index (κ1) is 15.1. The van der Waals surface area contributed by atoms with Crippen molar-refractivity contribution in [3.05, 3.63) is 35.8 Å². The van der Waals surface area contributed by atoms with E-state index >= 15 is 0 Å². The molecular weight excluding hydrogens is 277 g/mol. The smallest absolute Gasteiger partial charge is 0.358 e. The molecule has 0 fully saturated rings. The molecule has 1 aromatic carbocycles. The monoisotopic (exact) mass is 293 g/mol. The Bertz CT molecular complexity index is 610. The van der Waals surface area contributed by atoms with E-state index in [-0.39, 0.29) is 11.5 Å². The summed E-state index contributed by atoms with van der Waals surface area (Å²) < 4.78 is 19.8. The van der Waals surface area contributed by atoms with Crippen molar-refractivity contribution in [3.8, 4) is 11.3 Å². The Morgan fingerprint density at radius 3 is 2.67 bits per heavy atom. The van der Waals surface area contributed by atoms with Crippen LogP contribution in [0.25, 0.3) is 11.3 Å². The molecule has 0 aliphatic carbocycles. The molecule has 0 atom stereocenters. The largest absolute Gasteiger partial charge is 0.476 e. The molecule has 112 valence electrons. The zero-order valence-electron chi connectivity index (χ0n) is 11.6. The number of carboxylic acids is 1. The van der Waals surface area contributed by atoms with Crippen molar-refractivity contribution >= 4 is 5.97 Å². The molecule has 21 heavy (non-hydrogen) atoms. The summed E-state index contributed by atoms with van der Waals surface area (Å²) in [4.78, 5) is 11.2. The highest BCUT2D eigenvalue weighted by Gasteiger charge is 2.20. The van der Waals surface area contributed by atoms with Crippen LogP contribution < -0.4 is 0 Å². The van der Waals surface area contributed by atoms with E-state index in [0.717, 1.165) is 6.42 Å². The molecule has 1 aromatic heterocycles. The van der Waals surface area contributed by atoms with E-state index in [4.69, 9.17) is 4.74 Å². The quantitative estimate of drug-likeness (QED) is 0.792. The lowest BCUT2D eigenvalue weighted by Gasteiger charge is -2.07. The summed E-state index contributed by atoms with van der Waals surface area (Å²) in [7, 11) is 0. The molecule has 0 amide bonds. The van der Waals surface area contributed by atoms with Gasteiger partial charge in [0, 0.05) is 12.2 Å². The third-order valence-corrected chi connectivity index (χ3v) is 2.85. The summed E-state index contributed by atoms with van der Waals surface area (Å²) in [6.45, 7) is 3.42. The molecule has 0 aliphatic heterocycles. The van der Waals surface area contributed by atoms with Crippen molar-refractivity contribution in [2.75, 3.05) is 13.2 Å². The number of hydrogen-bond donors (Lipinski definition) is 1. The van der Waals surface area contributed by atoms with Crippen molar-refractivity contribution in [3.63, 3.8) is 0 Å². The molecule has 2 aromatic rings. The highest BCUT2D eigenvalue weighted by Crippen LogP contribution is 2.22. The molecule has 0 spiro atoms. The molecule has 1 heterocycles.